The van der Waals surface area contributed by atoms with Gasteiger partial charge in [0.25, 0.3) is 0 Å². The van der Waals surface area contributed by atoms with Crippen LogP contribution in [0.3, 0.4) is 0 Å². The van der Waals surface area contributed by atoms with Gasteiger partial charge in [-0.15, -0.1) is 10.2 Å². The molecule has 1 fully saturated rings. The number of carbonyl (C=O) groups excluding carboxylic acids is 1. The van der Waals surface area contributed by atoms with E-state index in [1.165, 1.54) is 19.3 Å². The second-order valence-electron chi connectivity index (χ2n) is 5.81. The highest BCUT2D eigenvalue weighted by molar-refractivity contribution is 5.73. The van der Waals surface area contributed by atoms with Gasteiger partial charge in [-0.1, -0.05) is 19.8 Å². The van der Waals surface area contributed by atoms with Crippen LogP contribution in [-0.2, 0) is 17.8 Å². The van der Waals surface area contributed by atoms with E-state index in [-0.39, 0.29) is 6.03 Å². The van der Waals surface area contributed by atoms with Crippen molar-refractivity contribution in [3.63, 3.8) is 0 Å². The van der Waals surface area contributed by atoms with Gasteiger partial charge in [-0.25, -0.2) is 4.79 Å². The van der Waals surface area contributed by atoms with Gasteiger partial charge in [-0.05, 0) is 25.7 Å². The molecule has 0 saturated heterocycles. The molecule has 22 heavy (non-hydrogen) atoms. The lowest BCUT2D eigenvalue weighted by molar-refractivity contribution is -0.00243. The number of nitrogens with zero attached hydrogens (tertiary/aromatic N) is 3. The smallest absolute Gasteiger partial charge is 0.315 e. The highest BCUT2D eigenvalue weighted by atomic mass is 16.5. The molecule has 7 nitrogen and oxygen atoms in total. The minimum absolute atomic E-state index is 0.203. The minimum Gasteiger partial charge on any atom is -0.376 e. The maximum absolute atomic E-state index is 11.7. The number of amides is 2. The third-order valence-electron chi connectivity index (χ3n) is 4.20. The molecule has 0 radical (unpaired) electrons. The normalized spacial score (nSPS) is 21.5. The summed E-state index contributed by atoms with van der Waals surface area (Å²) in [5.74, 6) is 1.38. The lowest BCUT2D eigenvalue weighted by Gasteiger charge is -2.28. The number of urea groups is 1. The first kappa shape index (κ1) is 16.7. The Kier molecular flexibility index (Phi) is 6.64. The van der Waals surface area contributed by atoms with E-state index >= 15 is 0 Å². The van der Waals surface area contributed by atoms with E-state index < -0.39 is 0 Å². The molecular formula is C15H27N5O2. The second-order valence-corrected chi connectivity index (χ2v) is 5.81. The molecule has 1 aliphatic rings. The average Bonchev–Trinajstić information content (AvgIpc) is 2.98. The molecular weight excluding hydrogens is 282 g/mol. The molecule has 1 heterocycles. The summed E-state index contributed by atoms with van der Waals surface area (Å²) in [5, 5.41) is 13.4. The largest absolute Gasteiger partial charge is 0.376 e. The van der Waals surface area contributed by atoms with Crippen LogP contribution >= 0.6 is 0 Å². The zero-order valence-electron chi connectivity index (χ0n) is 13.5. The number of aryl methyl sites for hydroxylation is 1. The van der Waals surface area contributed by atoms with Gasteiger partial charge < -0.3 is 19.9 Å². The summed E-state index contributed by atoms with van der Waals surface area (Å²) in [7, 11) is 0. The Morgan fingerprint density at radius 1 is 1.41 bits per heavy atom. The van der Waals surface area contributed by atoms with Crippen molar-refractivity contribution in [3.05, 3.63) is 12.2 Å². The molecule has 2 atom stereocenters. The highest BCUT2D eigenvalue weighted by Gasteiger charge is 2.21. The number of nitrogens with one attached hydrogen (secondary N) is 2. The van der Waals surface area contributed by atoms with Crippen molar-refractivity contribution >= 4 is 6.03 Å². The summed E-state index contributed by atoms with van der Waals surface area (Å²) in [6, 6.07) is -0.203. The Hall–Kier alpha value is -1.63. The SMILES string of the molecule is CCn1cnnc1CNC(=O)NCCO[C@@H]1CCCC[C@H]1C. The quantitative estimate of drug-likeness (QED) is 0.751. The number of carbonyl (C=O) groups is 1. The van der Waals surface area contributed by atoms with Crippen LogP contribution in [0.25, 0.3) is 0 Å². The fourth-order valence-corrected chi connectivity index (χ4v) is 2.81. The van der Waals surface area contributed by atoms with Gasteiger partial charge >= 0.3 is 6.03 Å². The Morgan fingerprint density at radius 3 is 3.00 bits per heavy atom. The van der Waals surface area contributed by atoms with E-state index in [4.69, 9.17) is 4.74 Å². The third-order valence-corrected chi connectivity index (χ3v) is 4.20. The standard InChI is InChI=1S/C15H27N5O2/c1-3-20-11-18-19-14(20)10-17-15(21)16-8-9-22-13-7-5-4-6-12(13)2/h11-13H,3-10H2,1-2H3,(H2,16,17,21)/t12-,13-/m1/s1. The van der Waals surface area contributed by atoms with Gasteiger partial charge in [0, 0.05) is 13.1 Å². The third kappa shape index (κ3) is 4.98. The molecule has 124 valence electrons. The van der Waals surface area contributed by atoms with Gasteiger partial charge in [-0.3, -0.25) is 0 Å². The van der Waals surface area contributed by atoms with Crippen LogP contribution in [0.2, 0.25) is 0 Å². The van der Waals surface area contributed by atoms with Gasteiger partial charge in [0.2, 0.25) is 0 Å². The highest BCUT2D eigenvalue weighted by Crippen LogP contribution is 2.25. The van der Waals surface area contributed by atoms with Crippen LogP contribution in [0.4, 0.5) is 4.79 Å². The first-order valence-electron chi connectivity index (χ1n) is 8.20. The Morgan fingerprint density at radius 2 is 2.23 bits per heavy atom. The van der Waals surface area contributed by atoms with Crippen LogP contribution in [0, 0.1) is 5.92 Å². The Bertz CT molecular complexity index is 463. The lowest BCUT2D eigenvalue weighted by atomic mass is 9.88. The van der Waals surface area contributed by atoms with E-state index in [2.05, 4.69) is 27.8 Å². The Labute approximate surface area is 131 Å². The first-order chi connectivity index (χ1) is 10.7. The average molecular weight is 309 g/mol. The van der Waals surface area contributed by atoms with Crippen molar-refractivity contribution in [2.75, 3.05) is 13.2 Å². The summed E-state index contributed by atoms with van der Waals surface area (Å²) in [5.41, 5.74) is 0. The van der Waals surface area contributed by atoms with E-state index in [0.717, 1.165) is 18.8 Å². The number of rotatable bonds is 7. The van der Waals surface area contributed by atoms with E-state index in [1.54, 1.807) is 6.33 Å². The predicted octanol–water partition coefficient (Wildman–Crippen LogP) is 1.69. The molecule has 0 aliphatic heterocycles. The molecule has 0 unspecified atom stereocenters. The molecule has 7 heteroatoms. The van der Waals surface area contributed by atoms with Gasteiger partial charge in [-0.2, -0.15) is 0 Å². The molecule has 2 N–H and O–H groups in total. The number of aromatic nitrogens is 3. The van der Waals surface area contributed by atoms with E-state index in [0.29, 0.717) is 31.7 Å². The summed E-state index contributed by atoms with van der Waals surface area (Å²) < 4.78 is 7.76. The van der Waals surface area contributed by atoms with Gasteiger partial charge in [0.15, 0.2) is 5.82 Å². The topological polar surface area (TPSA) is 81.1 Å². The van der Waals surface area contributed by atoms with Crippen LogP contribution < -0.4 is 10.6 Å². The van der Waals surface area contributed by atoms with Crippen molar-refractivity contribution < 1.29 is 9.53 Å². The van der Waals surface area contributed by atoms with Gasteiger partial charge in [0.1, 0.15) is 6.33 Å². The maximum atomic E-state index is 11.7. The summed E-state index contributed by atoms with van der Waals surface area (Å²) in [4.78, 5) is 11.7. The first-order valence-corrected chi connectivity index (χ1v) is 8.20. The van der Waals surface area contributed by atoms with E-state index in [9.17, 15) is 4.79 Å². The summed E-state index contributed by atoms with van der Waals surface area (Å²) in [6.07, 6.45) is 6.96. The number of hydrogen-bond donors (Lipinski definition) is 2. The predicted molar refractivity (Wildman–Crippen MR) is 83.3 cm³/mol. The van der Waals surface area contributed by atoms with Crippen molar-refractivity contribution in [1.29, 1.82) is 0 Å². The molecule has 0 spiro atoms. The second kappa shape index (κ2) is 8.73. The fourth-order valence-electron chi connectivity index (χ4n) is 2.81. The summed E-state index contributed by atoms with van der Waals surface area (Å²) in [6.45, 7) is 6.51. The van der Waals surface area contributed by atoms with Crippen molar-refractivity contribution in [2.24, 2.45) is 5.92 Å². The number of ether oxygens (including phenoxy) is 1. The molecule has 0 bridgehead atoms. The molecule has 1 aromatic heterocycles. The zero-order valence-corrected chi connectivity index (χ0v) is 13.5. The molecule has 1 saturated carbocycles. The lowest BCUT2D eigenvalue weighted by Crippen LogP contribution is -2.38. The van der Waals surface area contributed by atoms with Crippen molar-refractivity contribution in [3.8, 4) is 0 Å². The van der Waals surface area contributed by atoms with E-state index in [1.807, 2.05) is 11.5 Å². The molecule has 1 aromatic rings. The van der Waals surface area contributed by atoms with Crippen LogP contribution in [0.1, 0.15) is 45.4 Å². The maximum Gasteiger partial charge on any atom is 0.315 e. The number of hydrogen-bond acceptors (Lipinski definition) is 4. The van der Waals surface area contributed by atoms with Crippen molar-refractivity contribution in [1.82, 2.24) is 25.4 Å². The molecule has 1 aliphatic carbocycles. The summed E-state index contributed by atoms with van der Waals surface area (Å²) >= 11 is 0. The fraction of sp³-hybridized carbons (Fsp3) is 0.800. The molecule has 2 rings (SSSR count). The molecule has 2 amide bonds. The van der Waals surface area contributed by atoms with Crippen LogP contribution in [-0.4, -0.2) is 40.1 Å². The Balaban J connectivity index is 1.58. The van der Waals surface area contributed by atoms with Gasteiger partial charge in [0.05, 0.1) is 19.3 Å². The van der Waals surface area contributed by atoms with Crippen LogP contribution in [0.15, 0.2) is 6.33 Å². The van der Waals surface area contributed by atoms with Crippen molar-refractivity contribution in [2.45, 2.75) is 58.7 Å². The minimum atomic E-state index is -0.203. The monoisotopic (exact) mass is 309 g/mol. The van der Waals surface area contributed by atoms with Crippen LogP contribution in [0.5, 0.6) is 0 Å². The zero-order chi connectivity index (χ0) is 15.8. The molecule has 0 aromatic carbocycles.